The van der Waals surface area contributed by atoms with Gasteiger partial charge >= 0.3 is 0 Å². The smallest absolute Gasteiger partial charge is 0.0898 e. The van der Waals surface area contributed by atoms with Gasteiger partial charge in [0.15, 0.2) is 0 Å². The molecule has 0 aliphatic rings. The van der Waals surface area contributed by atoms with Crippen LogP contribution in [0.15, 0.2) is 29.6 Å². The highest BCUT2D eigenvalue weighted by Crippen LogP contribution is 2.16. The lowest BCUT2D eigenvalue weighted by molar-refractivity contribution is 0.563. The van der Waals surface area contributed by atoms with Crippen LogP contribution in [0, 0.1) is 13.8 Å². The second kappa shape index (κ2) is 5.43. The average molecular weight is 246 g/mol. The molecule has 1 N–H and O–H groups in total. The zero-order chi connectivity index (χ0) is 12.3. The number of nitrogens with zero attached hydrogens (tertiary/aromatic N) is 1. The van der Waals surface area contributed by atoms with Gasteiger partial charge < -0.3 is 5.32 Å². The van der Waals surface area contributed by atoms with Crippen molar-refractivity contribution in [3.8, 4) is 0 Å². The summed E-state index contributed by atoms with van der Waals surface area (Å²) in [4.78, 5) is 4.50. The lowest BCUT2D eigenvalue weighted by Gasteiger charge is -2.11. The first-order valence-corrected chi connectivity index (χ1v) is 6.74. The van der Waals surface area contributed by atoms with Crippen molar-refractivity contribution in [1.82, 2.24) is 10.3 Å². The first-order chi connectivity index (χ1) is 8.15. The van der Waals surface area contributed by atoms with Gasteiger partial charge in [-0.3, -0.25) is 0 Å². The van der Waals surface area contributed by atoms with Crippen LogP contribution in [0.4, 0.5) is 0 Å². The number of nitrogens with one attached hydrogen (secondary N) is 1. The molecular weight excluding hydrogens is 228 g/mol. The van der Waals surface area contributed by atoms with E-state index in [9.17, 15) is 0 Å². The van der Waals surface area contributed by atoms with Crippen LogP contribution >= 0.6 is 11.3 Å². The number of rotatable bonds is 4. The van der Waals surface area contributed by atoms with E-state index in [4.69, 9.17) is 0 Å². The Morgan fingerprint density at radius 1 is 1.35 bits per heavy atom. The topological polar surface area (TPSA) is 24.9 Å². The van der Waals surface area contributed by atoms with Gasteiger partial charge in [-0.05, 0) is 26.3 Å². The number of thiazole rings is 1. The second-order valence-electron chi connectivity index (χ2n) is 4.38. The third kappa shape index (κ3) is 3.38. The van der Waals surface area contributed by atoms with E-state index >= 15 is 0 Å². The minimum atomic E-state index is 0.306. The van der Waals surface area contributed by atoms with Gasteiger partial charge in [-0.25, -0.2) is 4.98 Å². The van der Waals surface area contributed by atoms with E-state index in [0.717, 1.165) is 17.2 Å². The van der Waals surface area contributed by atoms with E-state index in [0.29, 0.717) is 6.04 Å². The maximum absolute atomic E-state index is 4.50. The summed E-state index contributed by atoms with van der Waals surface area (Å²) in [5.74, 6) is 0. The van der Waals surface area contributed by atoms with Crippen molar-refractivity contribution in [1.29, 1.82) is 0 Å². The molecule has 2 rings (SSSR count). The molecule has 90 valence electrons. The van der Waals surface area contributed by atoms with Gasteiger partial charge in [0, 0.05) is 18.0 Å². The minimum Gasteiger partial charge on any atom is -0.305 e. The Morgan fingerprint density at radius 2 is 2.18 bits per heavy atom. The van der Waals surface area contributed by atoms with E-state index in [2.05, 4.69) is 53.8 Å². The third-order valence-corrected chi connectivity index (χ3v) is 3.57. The Labute approximate surface area is 107 Å². The van der Waals surface area contributed by atoms with Crippen LogP contribution in [0.25, 0.3) is 0 Å². The molecule has 0 amide bonds. The minimum absolute atomic E-state index is 0.306. The van der Waals surface area contributed by atoms with Crippen molar-refractivity contribution >= 4 is 11.3 Å². The van der Waals surface area contributed by atoms with Crippen LogP contribution in [0.1, 0.15) is 34.8 Å². The summed E-state index contributed by atoms with van der Waals surface area (Å²) in [6.07, 6.45) is 0. The van der Waals surface area contributed by atoms with E-state index in [-0.39, 0.29) is 0 Å². The van der Waals surface area contributed by atoms with Crippen molar-refractivity contribution in [2.75, 3.05) is 0 Å². The third-order valence-electron chi connectivity index (χ3n) is 2.78. The molecule has 0 spiro atoms. The molecule has 0 bridgehead atoms. The van der Waals surface area contributed by atoms with E-state index in [1.54, 1.807) is 11.3 Å². The molecule has 1 heterocycles. The standard InChI is InChI=1S/C14H18N2S/c1-10-5-4-6-13(7-10)8-15-11(2)14-9-17-12(3)16-14/h4-7,9,11,15H,8H2,1-3H3. The molecule has 0 saturated heterocycles. The highest BCUT2D eigenvalue weighted by Gasteiger charge is 2.07. The summed E-state index contributed by atoms with van der Waals surface area (Å²) in [6.45, 7) is 7.21. The van der Waals surface area contributed by atoms with E-state index < -0.39 is 0 Å². The number of benzene rings is 1. The van der Waals surface area contributed by atoms with Gasteiger partial charge in [0.05, 0.1) is 10.7 Å². The van der Waals surface area contributed by atoms with Gasteiger partial charge in [-0.1, -0.05) is 29.8 Å². The summed E-state index contributed by atoms with van der Waals surface area (Å²) in [7, 11) is 0. The molecule has 3 heteroatoms. The van der Waals surface area contributed by atoms with Gasteiger partial charge in [0.1, 0.15) is 0 Å². The predicted molar refractivity (Wildman–Crippen MR) is 73.3 cm³/mol. The fourth-order valence-corrected chi connectivity index (χ4v) is 2.48. The van der Waals surface area contributed by atoms with E-state index in [1.807, 2.05) is 6.92 Å². The summed E-state index contributed by atoms with van der Waals surface area (Å²) in [5, 5.41) is 6.76. The van der Waals surface area contributed by atoms with Crippen LogP contribution < -0.4 is 5.32 Å². The van der Waals surface area contributed by atoms with Crippen molar-refractivity contribution in [2.45, 2.75) is 33.4 Å². The molecule has 0 radical (unpaired) electrons. The Balaban J connectivity index is 1.94. The first-order valence-electron chi connectivity index (χ1n) is 5.86. The first kappa shape index (κ1) is 12.3. The fraction of sp³-hybridized carbons (Fsp3) is 0.357. The Kier molecular flexibility index (Phi) is 3.92. The largest absolute Gasteiger partial charge is 0.305 e. The maximum atomic E-state index is 4.50. The molecule has 17 heavy (non-hydrogen) atoms. The molecule has 0 fully saturated rings. The fourth-order valence-electron chi connectivity index (χ4n) is 1.78. The van der Waals surface area contributed by atoms with Crippen LogP contribution in [-0.4, -0.2) is 4.98 Å². The van der Waals surface area contributed by atoms with Crippen LogP contribution in [-0.2, 0) is 6.54 Å². The molecule has 0 aliphatic heterocycles. The summed E-state index contributed by atoms with van der Waals surface area (Å²) >= 11 is 1.71. The average Bonchev–Trinajstić information content (AvgIpc) is 2.73. The summed E-state index contributed by atoms with van der Waals surface area (Å²) in [6, 6.07) is 8.90. The normalized spacial score (nSPS) is 12.6. The maximum Gasteiger partial charge on any atom is 0.0898 e. The highest BCUT2D eigenvalue weighted by atomic mass is 32.1. The number of aromatic nitrogens is 1. The monoisotopic (exact) mass is 246 g/mol. The number of hydrogen-bond acceptors (Lipinski definition) is 3. The molecule has 2 aromatic rings. The molecule has 0 aliphatic carbocycles. The van der Waals surface area contributed by atoms with E-state index in [1.165, 1.54) is 11.1 Å². The Bertz CT molecular complexity index is 490. The van der Waals surface area contributed by atoms with Crippen LogP contribution in [0.5, 0.6) is 0 Å². The zero-order valence-corrected chi connectivity index (χ0v) is 11.3. The van der Waals surface area contributed by atoms with Crippen molar-refractivity contribution in [3.05, 3.63) is 51.5 Å². The Hall–Kier alpha value is -1.19. The number of hydrogen-bond donors (Lipinski definition) is 1. The zero-order valence-electron chi connectivity index (χ0n) is 10.5. The lowest BCUT2D eigenvalue weighted by Crippen LogP contribution is -2.18. The highest BCUT2D eigenvalue weighted by molar-refractivity contribution is 7.09. The van der Waals surface area contributed by atoms with Crippen molar-refractivity contribution in [3.63, 3.8) is 0 Å². The van der Waals surface area contributed by atoms with Crippen molar-refractivity contribution < 1.29 is 0 Å². The summed E-state index contributed by atoms with van der Waals surface area (Å²) in [5.41, 5.74) is 3.77. The van der Waals surface area contributed by atoms with Gasteiger partial charge in [-0.2, -0.15) is 0 Å². The predicted octanol–water partition coefficient (Wildman–Crippen LogP) is 3.61. The van der Waals surface area contributed by atoms with Crippen molar-refractivity contribution in [2.24, 2.45) is 0 Å². The molecule has 1 unspecified atom stereocenters. The second-order valence-corrected chi connectivity index (χ2v) is 5.45. The molecule has 2 nitrogen and oxygen atoms in total. The molecule has 0 saturated carbocycles. The molecule has 1 atom stereocenters. The van der Waals surface area contributed by atoms with Crippen LogP contribution in [0.2, 0.25) is 0 Å². The van der Waals surface area contributed by atoms with Gasteiger partial charge in [0.25, 0.3) is 0 Å². The van der Waals surface area contributed by atoms with Gasteiger partial charge in [-0.15, -0.1) is 11.3 Å². The lowest BCUT2D eigenvalue weighted by atomic mass is 10.1. The molecule has 1 aromatic heterocycles. The molecule has 1 aromatic carbocycles. The summed E-state index contributed by atoms with van der Waals surface area (Å²) < 4.78 is 0. The quantitative estimate of drug-likeness (QED) is 0.891. The van der Waals surface area contributed by atoms with Crippen LogP contribution in [0.3, 0.4) is 0 Å². The number of aryl methyl sites for hydroxylation is 2. The van der Waals surface area contributed by atoms with Gasteiger partial charge in [0.2, 0.25) is 0 Å². The Morgan fingerprint density at radius 3 is 2.82 bits per heavy atom. The molecular formula is C14H18N2S. The SMILES string of the molecule is Cc1cccc(CNC(C)c2csc(C)n2)c1.